The molecule has 1 atom stereocenters. The quantitative estimate of drug-likeness (QED) is 0.369. The zero-order valence-electron chi connectivity index (χ0n) is 15.0. The van der Waals surface area contributed by atoms with Crippen molar-refractivity contribution in [1.82, 2.24) is 14.8 Å². The Bertz CT molecular complexity index is 903. The van der Waals surface area contributed by atoms with Gasteiger partial charge in [0.05, 0.1) is 12.5 Å². The van der Waals surface area contributed by atoms with E-state index in [0.29, 0.717) is 12.3 Å². The number of carbonyl (C=O) groups is 1. The van der Waals surface area contributed by atoms with Crippen LogP contribution in [0.2, 0.25) is 0 Å². The van der Waals surface area contributed by atoms with Crippen molar-refractivity contribution in [2.45, 2.75) is 33.2 Å². The minimum absolute atomic E-state index is 0.173. The van der Waals surface area contributed by atoms with Gasteiger partial charge >= 0.3 is 5.97 Å². The molecular formula is C20H22N4O2. The van der Waals surface area contributed by atoms with Gasteiger partial charge in [-0.25, -0.2) is 14.5 Å². The number of carbonyl (C=O) groups excluding carboxylic acids is 1. The summed E-state index contributed by atoms with van der Waals surface area (Å²) in [7, 11) is 0. The molecule has 0 N–H and O–H groups in total. The number of aromatic nitrogens is 3. The number of nitrogens with zero attached hydrogens (tertiary/aromatic N) is 4. The molecule has 6 heteroatoms. The fraction of sp³-hybridized carbons (Fsp3) is 0.300. The van der Waals surface area contributed by atoms with E-state index < -0.39 is 0 Å². The summed E-state index contributed by atoms with van der Waals surface area (Å²) in [5, 5.41) is 10.5. The molecule has 0 saturated heterocycles. The summed E-state index contributed by atoms with van der Waals surface area (Å²) in [6, 6.07) is 14.1. The lowest BCUT2D eigenvalue weighted by atomic mass is 10.0. The highest BCUT2D eigenvalue weighted by Crippen LogP contribution is 2.17. The van der Waals surface area contributed by atoms with Gasteiger partial charge in [0.2, 0.25) is 0 Å². The lowest BCUT2D eigenvalue weighted by molar-refractivity contribution is -0.148. The van der Waals surface area contributed by atoms with Gasteiger partial charge in [-0.1, -0.05) is 61.8 Å². The first-order valence-electron chi connectivity index (χ1n) is 8.76. The Hall–Kier alpha value is -3.02. The molecule has 134 valence electrons. The van der Waals surface area contributed by atoms with Crippen molar-refractivity contribution in [2.75, 3.05) is 0 Å². The first-order valence-corrected chi connectivity index (χ1v) is 8.76. The fourth-order valence-corrected chi connectivity index (χ4v) is 2.75. The van der Waals surface area contributed by atoms with Gasteiger partial charge in [0.15, 0.2) is 0 Å². The number of fused-ring (bicyclic) bond motifs is 1. The SMILES string of the molecule is CCCC(C)C(=O)O/N=C(\Cn1cncn1)c1ccc2ccccc2c1. The Balaban J connectivity index is 1.88. The molecule has 1 aromatic heterocycles. The van der Waals surface area contributed by atoms with E-state index in [-0.39, 0.29) is 11.9 Å². The fourth-order valence-electron chi connectivity index (χ4n) is 2.75. The molecule has 26 heavy (non-hydrogen) atoms. The average Bonchev–Trinajstić information content (AvgIpc) is 3.17. The van der Waals surface area contributed by atoms with E-state index in [9.17, 15) is 4.79 Å². The van der Waals surface area contributed by atoms with E-state index in [1.807, 2.05) is 50.2 Å². The van der Waals surface area contributed by atoms with Crippen molar-refractivity contribution in [2.24, 2.45) is 11.1 Å². The molecule has 0 amide bonds. The van der Waals surface area contributed by atoms with Crippen LogP contribution in [-0.4, -0.2) is 26.4 Å². The molecule has 0 bridgehead atoms. The highest BCUT2D eigenvalue weighted by molar-refractivity contribution is 6.03. The average molecular weight is 350 g/mol. The summed E-state index contributed by atoms with van der Waals surface area (Å²) in [5.74, 6) is -0.489. The predicted molar refractivity (Wildman–Crippen MR) is 101 cm³/mol. The van der Waals surface area contributed by atoms with Crippen LogP contribution in [0.25, 0.3) is 10.8 Å². The van der Waals surface area contributed by atoms with Crippen molar-refractivity contribution in [3.8, 4) is 0 Å². The van der Waals surface area contributed by atoms with Gasteiger partial charge in [-0.3, -0.25) is 0 Å². The standard InChI is InChI=1S/C20H22N4O2/c1-3-6-15(2)20(25)26-23-19(12-24-14-21-13-22-24)18-10-9-16-7-4-5-8-17(16)11-18/h4-5,7-11,13-15H,3,6,12H2,1-2H3/b23-19+. The molecule has 1 unspecified atom stereocenters. The molecule has 0 aliphatic carbocycles. The van der Waals surface area contributed by atoms with E-state index in [1.54, 1.807) is 11.0 Å². The third kappa shape index (κ3) is 4.33. The minimum atomic E-state index is -0.316. The van der Waals surface area contributed by atoms with Gasteiger partial charge in [0, 0.05) is 5.56 Å². The van der Waals surface area contributed by atoms with Crippen LogP contribution in [0, 0.1) is 5.92 Å². The summed E-state index contributed by atoms with van der Waals surface area (Å²) in [5.41, 5.74) is 1.51. The van der Waals surface area contributed by atoms with Crippen molar-refractivity contribution in [3.63, 3.8) is 0 Å². The molecule has 3 aromatic rings. The van der Waals surface area contributed by atoms with Crippen LogP contribution in [0.1, 0.15) is 32.3 Å². The van der Waals surface area contributed by atoms with Crippen LogP contribution in [0.4, 0.5) is 0 Å². The highest BCUT2D eigenvalue weighted by Gasteiger charge is 2.15. The summed E-state index contributed by atoms with van der Waals surface area (Å²) < 4.78 is 1.65. The Morgan fingerprint density at radius 1 is 1.23 bits per heavy atom. The van der Waals surface area contributed by atoms with E-state index >= 15 is 0 Å². The van der Waals surface area contributed by atoms with E-state index in [2.05, 4.69) is 21.3 Å². The molecule has 0 saturated carbocycles. The van der Waals surface area contributed by atoms with Gasteiger partial charge in [-0.2, -0.15) is 5.10 Å². The minimum Gasteiger partial charge on any atom is -0.318 e. The smallest absolute Gasteiger partial charge is 0.318 e. The molecule has 0 spiro atoms. The second-order valence-electron chi connectivity index (χ2n) is 6.29. The summed E-state index contributed by atoms with van der Waals surface area (Å²) in [6.07, 6.45) is 4.78. The van der Waals surface area contributed by atoms with Gasteiger partial charge in [-0.05, 0) is 23.3 Å². The molecule has 3 rings (SSSR count). The maximum Gasteiger partial charge on any atom is 0.337 e. The normalized spacial score (nSPS) is 12.9. The third-order valence-electron chi connectivity index (χ3n) is 4.23. The summed E-state index contributed by atoms with van der Waals surface area (Å²) in [6.45, 7) is 4.26. The van der Waals surface area contributed by atoms with Gasteiger partial charge in [0.25, 0.3) is 0 Å². The van der Waals surface area contributed by atoms with Crippen molar-refractivity contribution in [1.29, 1.82) is 0 Å². The predicted octanol–water partition coefficient (Wildman–Crippen LogP) is 3.82. The monoisotopic (exact) mass is 350 g/mol. The molecule has 6 nitrogen and oxygen atoms in total. The lowest BCUT2D eigenvalue weighted by Crippen LogP contribution is -2.16. The Kier molecular flexibility index (Phi) is 5.73. The van der Waals surface area contributed by atoms with Crippen LogP contribution in [0.3, 0.4) is 0 Å². The van der Waals surface area contributed by atoms with E-state index in [0.717, 1.165) is 29.2 Å². The van der Waals surface area contributed by atoms with Crippen LogP contribution in [0.15, 0.2) is 60.3 Å². The molecule has 2 aromatic carbocycles. The topological polar surface area (TPSA) is 69.4 Å². The molecular weight excluding hydrogens is 328 g/mol. The van der Waals surface area contributed by atoms with Gasteiger partial charge in [-0.15, -0.1) is 0 Å². The lowest BCUT2D eigenvalue weighted by Gasteiger charge is -2.10. The van der Waals surface area contributed by atoms with Gasteiger partial charge < -0.3 is 4.84 Å². The summed E-state index contributed by atoms with van der Waals surface area (Å²) >= 11 is 0. The highest BCUT2D eigenvalue weighted by atomic mass is 16.7. The van der Waals surface area contributed by atoms with E-state index in [1.165, 1.54) is 6.33 Å². The number of hydrogen-bond donors (Lipinski definition) is 0. The zero-order valence-corrected chi connectivity index (χ0v) is 15.0. The van der Waals surface area contributed by atoms with Crippen LogP contribution in [0.5, 0.6) is 0 Å². The summed E-state index contributed by atoms with van der Waals surface area (Å²) in [4.78, 5) is 21.3. The molecule has 0 radical (unpaired) electrons. The second-order valence-corrected chi connectivity index (χ2v) is 6.29. The third-order valence-corrected chi connectivity index (χ3v) is 4.23. The maximum absolute atomic E-state index is 12.1. The van der Waals surface area contributed by atoms with Crippen LogP contribution in [-0.2, 0) is 16.2 Å². The first-order chi connectivity index (χ1) is 12.7. The zero-order chi connectivity index (χ0) is 18.4. The number of benzene rings is 2. The van der Waals surface area contributed by atoms with E-state index in [4.69, 9.17) is 4.84 Å². The van der Waals surface area contributed by atoms with Crippen LogP contribution < -0.4 is 0 Å². The Morgan fingerprint density at radius 3 is 2.77 bits per heavy atom. The van der Waals surface area contributed by atoms with Gasteiger partial charge in [0.1, 0.15) is 18.4 Å². The molecule has 0 aliphatic rings. The van der Waals surface area contributed by atoms with Crippen LogP contribution >= 0.6 is 0 Å². The number of oxime groups is 1. The second kappa shape index (κ2) is 8.38. The molecule has 0 fully saturated rings. The molecule has 1 heterocycles. The maximum atomic E-state index is 12.1. The largest absolute Gasteiger partial charge is 0.337 e. The molecule has 0 aliphatic heterocycles. The van der Waals surface area contributed by atoms with Crippen molar-refractivity contribution < 1.29 is 9.63 Å². The Morgan fingerprint density at radius 2 is 2.04 bits per heavy atom. The Labute approximate surface area is 152 Å². The number of hydrogen-bond acceptors (Lipinski definition) is 5. The van der Waals surface area contributed by atoms with Crippen molar-refractivity contribution in [3.05, 3.63) is 60.7 Å². The number of rotatable bonds is 7. The first kappa shape index (κ1) is 17.8. The van der Waals surface area contributed by atoms with Crippen molar-refractivity contribution >= 4 is 22.5 Å².